The van der Waals surface area contributed by atoms with Crippen LogP contribution in [-0.4, -0.2) is 23.4 Å². The van der Waals surface area contributed by atoms with Gasteiger partial charge in [0.25, 0.3) is 0 Å². The Balaban J connectivity index is 1.28. The largest absolute Gasteiger partial charge is 0.312 e. The molecule has 0 unspecified atom stereocenters. The summed E-state index contributed by atoms with van der Waals surface area (Å²) >= 11 is 0. The quantitative estimate of drug-likeness (QED) is 0.131. The van der Waals surface area contributed by atoms with Gasteiger partial charge in [-0.3, -0.25) is 0 Å². The lowest BCUT2D eigenvalue weighted by molar-refractivity contribution is 0.792. The van der Waals surface area contributed by atoms with Crippen LogP contribution in [0.3, 0.4) is 0 Å². The highest BCUT2D eigenvalue weighted by Crippen LogP contribution is 2.44. The molecule has 0 spiro atoms. The molecule has 1 aromatic heterocycles. The summed E-state index contributed by atoms with van der Waals surface area (Å²) in [5, 5.41) is 23.5. The van der Waals surface area contributed by atoms with E-state index in [0.29, 0.717) is 12.3 Å². The fraction of sp³-hybridized carbons (Fsp3) is 0.128. The number of aryl methyl sites for hydroxylation is 1. The highest BCUT2D eigenvalue weighted by Gasteiger charge is 2.21. The van der Waals surface area contributed by atoms with Crippen molar-refractivity contribution in [2.24, 2.45) is 0 Å². The van der Waals surface area contributed by atoms with Crippen molar-refractivity contribution in [1.29, 1.82) is 5.41 Å². The van der Waals surface area contributed by atoms with Crippen LogP contribution in [0.15, 0.2) is 140 Å². The maximum atomic E-state index is 9.74. The fourth-order valence-corrected chi connectivity index (χ4v) is 8.30. The van der Waals surface area contributed by atoms with Gasteiger partial charge in [0.15, 0.2) is 0 Å². The molecule has 3 heteroatoms. The molecule has 0 amide bonds. The molecule has 242 valence electrons. The van der Waals surface area contributed by atoms with Crippen LogP contribution in [0.5, 0.6) is 0 Å². The van der Waals surface area contributed by atoms with Crippen LogP contribution < -0.4 is 5.32 Å². The summed E-state index contributed by atoms with van der Waals surface area (Å²) in [6.07, 6.45) is 10.1. The van der Waals surface area contributed by atoms with Crippen molar-refractivity contribution in [3.05, 3.63) is 156 Å². The number of nitrogens with one attached hydrogen (secondary N) is 2. The summed E-state index contributed by atoms with van der Waals surface area (Å²) in [6.45, 7) is 3.62. The molecule has 8 aromatic rings. The van der Waals surface area contributed by atoms with Gasteiger partial charge in [-0.25, -0.2) is 0 Å². The van der Waals surface area contributed by atoms with Crippen molar-refractivity contribution in [2.45, 2.75) is 26.2 Å². The maximum absolute atomic E-state index is 9.74. The van der Waals surface area contributed by atoms with Gasteiger partial charge < -0.3 is 15.3 Å². The second-order valence-corrected chi connectivity index (χ2v) is 13.4. The third-order valence-corrected chi connectivity index (χ3v) is 10.5. The van der Waals surface area contributed by atoms with E-state index in [-0.39, 0.29) is 0 Å². The Labute approximate surface area is 292 Å². The minimum atomic E-state index is 0.500. The van der Waals surface area contributed by atoms with Gasteiger partial charge in [0, 0.05) is 28.6 Å². The van der Waals surface area contributed by atoms with E-state index in [1.54, 1.807) is 0 Å². The minimum absolute atomic E-state index is 0.500. The summed E-state index contributed by atoms with van der Waals surface area (Å²) in [5.74, 6) is 0. The zero-order valence-corrected chi connectivity index (χ0v) is 28.3. The van der Waals surface area contributed by atoms with Crippen LogP contribution in [0.2, 0.25) is 0 Å². The number of hydrogen-bond donors (Lipinski definition) is 2. The summed E-state index contributed by atoms with van der Waals surface area (Å²) < 4.78 is 2.34. The predicted octanol–water partition coefficient (Wildman–Crippen LogP) is 11.8. The van der Waals surface area contributed by atoms with Crippen LogP contribution in [0.25, 0.3) is 77.0 Å². The number of benzene rings is 7. The maximum Gasteiger partial charge on any atom is 0.0636 e. The molecule has 50 heavy (non-hydrogen) atoms. The summed E-state index contributed by atoms with van der Waals surface area (Å²) in [4.78, 5) is 0. The van der Waals surface area contributed by atoms with Crippen molar-refractivity contribution in [2.75, 3.05) is 13.1 Å². The van der Waals surface area contributed by atoms with E-state index in [1.165, 1.54) is 59.8 Å². The summed E-state index contributed by atoms with van der Waals surface area (Å²) in [7, 11) is 0. The smallest absolute Gasteiger partial charge is 0.0636 e. The molecule has 2 N–H and O–H groups in total. The molecular weight excluding hydrogens is 607 g/mol. The Morgan fingerprint density at radius 3 is 2.00 bits per heavy atom. The lowest BCUT2D eigenvalue weighted by Gasteiger charge is -2.20. The molecule has 0 fully saturated rings. The van der Waals surface area contributed by atoms with E-state index in [9.17, 15) is 5.41 Å². The predicted molar refractivity (Wildman–Crippen MR) is 215 cm³/mol. The van der Waals surface area contributed by atoms with E-state index < -0.39 is 0 Å². The van der Waals surface area contributed by atoms with Gasteiger partial charge >= 0.3 is 0 Å². The number of para-hydroxylation sites is 2. The lowest BCUT2D eigenvalue weighted by Crippen LogP contribution is -2.19. The SMILES string of the molecule is CCNC/C(=C\C(=N)c1ccccc1-c1cc2c3c(c4ccccc4c2c2ccccc12)C=CCCC3)n1c2ccccc2c2ccccc21. The van der Waals surface area contributed by atoms with Crippen LogP contribution in [0.4, 0.5) is 0 Å². The lowest BCUT2D eigenvalue weighted by atomic mass is 9.84. The molecule has 9 rings (SSSR count). The second-order valence-electron chi connectivity index (χ2n) is 13.4. The number of allylic oxidation sites excluding steroid dienone is 2. The molecule has 0 radical (unpaired) electrons. The molecule has 7 aromatic carbocycles. The highest BCUT2D eigenvalue weighted by atomic mass is 15.0. The molecule has 1 heterocycles. The van der Waals surface area contributed by atoms with Gasteiger partial charge in [-0.15, -0.1) is 0 Å². The van der Waals surface area contributed by atoms with E-state index in [4.69, 9.17) is 0 Å². The monoisotopic (exact) mass is 645 g/mol. The van der Waals surface area contributed by atoms with Crippen LogP contribution in [0, 0.1) is 5.41 Å². The minimum Gasteiger partial charge on any atom is -0.312 e. The van der Waals surface area contributed by atoms with Crippen molar-refractivity contribution in [1.82, 2.24) is 9.88 Å². The van der Waals surface area contributed by atoms with Crippen molar-refractivity contribution in [3.63, 3.8) is 0 Å². The molecule has 0 saturated heterocycles. The van der Waals surface area contributed by atoms with Crippen molar-refractivity contribution < 1.29 is 0 Å². The Bertz CT molecular complexity index is 2630. The van der Waals surface area contributed by atoms with Gasteiger partial charge in [0.2, 0.25) is 0 Å². The van der Waals surface area contributed by atoms with Crippen LogP contribution in [0.1, 0.15) is 36.5 Å². The number of nitrogens with zero attached hydrogens (tertiary/aromatic N) is 1. The van der Waals surface area contributed by atoms with Gasteiger partial charge in [-0.2, -0.15) is 0 Å². The van der Waals surface area contributed by atoms with Gasteiger partial charge in [-0.05, 0) is 105 Å². The first kappa shape index (κ1) is 30.3. The molecule has 0 atom stereocenters. The number of rotatable bonds is 7. The van der Waals surface area contributed by atoms with E-state index in [0.717, 1.165) is 53.7 Å². The number of fused-ring (bicyclic) bond motifs is 11. The highest BCUT2D eigenvalue weighted by molar-refractivity contribution is 6.26. The van der Waals surface area contributed by atoms with Crippen molar-refractivity contribution >= 4 is 71.6 Å². The van der Waals surface area contributed by atoms with Gasteiger partial charge in [0.05, 0.1) is 16.7 Å². The van der Waals surface area contributed by atoms with Crippen LogP contribution in [-0.2, 0) is 6.42 Å². The van der Waals surface area contributed by atoms with E-state index in [2.05, 4.69) is 162 Å². The molecule has 1 aliphatic rings. The molecule has 0 aliphatic heterocycles. The summed E-state index contributed by atoms with van der Waals surface area (Å²) in [5.41, 5.74) is 9.85. The summed E-state index contributed by atoms with van der Waals surface area (Å²) in [6, 6.07) is 45.9. The van der Waals surface area contributed by atoms with E-state index >= 15 is 0 Å². The first-order valence-electron chi connectivity index (χ1n) is 17.9. The Kier molecular flexibility index (Phi) is 7.63. The number of aromatic nitrogens is 1. The Morgan fingerprint density at radius 1 is 0.680 bits per heavy atom. The first-order valence-corrected chi connectivity index (χ1v) is 17.9. The molecule has 0 saturated carbocycles. The van der Waals surface area contributed by atoms with Crippen LogP contribution >= 0.6 is 0 Å². The number of likely N-dealkylation sites (N-methyl/N-ethyl adjacent to an activating group) is 1. The fourth-order valence-electron chi connectivity index (χ4n) is 8.30. The standard InChI is InChI=1S/C47H39N3/c1-2-49-30-31(50-45-26-14-12-22-38(45)39-23-13-15-27-46(39)50)28-44(48)37-21-9-6-19-35(37)42-29-43-34-17-5-3-4-16-32(34)33-18-7-10-24-40(33)47(43)41-25-11-8-20-36(41)42/h4,6-16,18-29,48-49H,2-3,5,17,30H2,1H3/b31-28+,48-44?. The van der Waals surface area contributed by atoms with Gasteiger partial charge in [0.1, 0.15) is 0 Å². The molecule has 1 aliphatic carbocycles. The average molecular weight is 646 g/mol. The Morgan fingerprint density at radius 2 is 1.28 bits per heavy atom. The molecular formula is C47H39N3. The first-order chi connectivity index (χ1) is 24.7. The average Bonchev–Trinajstić information content (AvgIpc) is 3.30. The third kappa shape index (κ3) is 4.88. The van der Waals surface area contributed by atoms with Gasteiger partial charge in [-0.1, -0.05) is 128 Å². The normalized spacial score (nSPS) is 13.4. The molecule has 0 bridgehead atoms. The number of hydrogen-bond acceptors (Lipinski definition) is 2. The Hall–Kier alpha value is -5.77. The zero-order valence-electron chi connectivity index (χ0n) is 28.3. The second kappa shape index (κ2) is 12.6. The zero-order chi connectivity index (χ0) is 33.6. The van der Waals surface area contributed by atoms with Crippen molar-refractivity contribution in [3.8, 4) is 11.1 Å². The molecule has 3 nitrogen and oxygen atoms in total. The van der Waals surface area contributed by atoms with E-state index in [1.807, 2.05) is 0 Å². The third-order valence-electron chi connectivity index (χ3n) is 10.5. The topological polar surface area (TPSA) is 40.8 Å².